The number of hydrogen-bond donors (Lipinski definition) is 1. The third kappa shape index (κ3) is 4.03. The van der Waals surface area contributed by atoms with Crippen LogP contribution in [0.4, 0.5) is 0 Å². The summed E-state index contributed by atoms with van der Waals surface area (Å²) >= 11 is 0. The van der Waals surface area contributed by atoms with Gasteiger partial charge >= 0.3 is 5.97 Å². The Kier molecular flexibility index (Phi) is 5.22. The van der Waals surface area contributed by atoms with Crippen LogP contribution in [-0.2, 0) is 9.53 Å². The molecule has 0 unspecified atom stereocenters. The average molecular weight is 354 g/mol. The molecule has 1 saturated carbocycles. The van der Waals surface area contributed by atoms with Crippen LogP contribution < -0.4 is 5.32 Å². The largest absolute Gasteiger partial charge is 0.452 e. The number of aromatic nitrogens is 4. The predicted molar refractivity (Wildman–Crippen MR) is 89.0 cm³/mol. The van der Waals surface area contributed by atoms with E-state index in [1.165, 1.54) is 11.0 Å². The van der Waals surface area contributed by atoms with Crippen molar-refractivity contribution in [2.45, 2.75) is 37.6 Å². The summed E-state index contributed by atoms with van der Waals surface area (Å²) in [7, 11) is 0. The normalized spacial score (nSPS) is 15.7. The van der Waals surface area contributed by atoms with Crippen LogP contribution in [0.5, 0.6) is 0 Å². The van der Waals surface area contributed by atoms with Gasteiger partial charge in [-0.2, -0.15) is 5.26 Å². The van der Waals surface area contributed by atoms with Crippen molar-refractivity contribution in [1.82, 2.24) is 25.5 Å². The monoisotopic (exact) mass is 354 g/mol. The zero-order chi connectivity index (χ0) is 18.4. The fourth-order valence-corrected chi connectivity index (χ4v) is 2.97. The van der Waals surface area contributed by atoms with Crippen LogP contribution in [0.1, 0.15) is 42.5 Å². The number of amides is 1. The SMILES string of the molecule is N#CC1(NC(=O)COC(=O)c2ccc(-n3cnnn3)cc2)CCCCC1. The molecule has 9 heteroatoms. The molecule has 0 radical (unpaired) electrons. The Labute approximate surface area is 149 Å². The maximum Gasteiger partial charge on any atom is 0.338 e. The molecular formula is C17H18N6O3. The average Bonchev–Trinajstić information content (AvgIpc) is 3.22. The first-order chi connectivity index (χ1) is 12.6. The van der Waals surface area contributed by atoms with Gasteiger partial charge in [-0.3, -0.25) is 4.79 Å². The smallest absolute Gasteiger partial charge is 0.338 e. The summed E-state index contributed by atoms with van der Waals surface area (Å²) in [5, 5.41) is 22.9. The summed E-state index contributed by atoms with van der Waals surface area (Å²) in [6, 6.07) is 8.66. The lowest BCUT2D eigenvalue weighted by Crippen LogP contribution is -2.50. The number of tetrazole rings is 1. The van der Waals surface area contributed by atoms with Gasteiger partial charge < -0.3 is 10.1 Å². The highest BCUT2D eigenvalue weighted by Crippen LogP contribution is 2.27. The minimum absolute atomic E-state index is 0.308. The number of carbonyl (C=O) groups excluding carboxylic acids is 2. The molecule has 0 spiro atoms. The van der Waals surface area contributed by atoms with Crippen LogP contribution in [0.3, 0.4) is 0 Å². The number of carbonyl (C=O) groups is 2. The molecule has 1 aromatic carbocycles. The van der Waals surface area contributed by atoms with E-state index in [0.717, 1.165) is 19.3 Å². The predicted octanol–water partition coefficient (Wildman–Crippen LogP) is 1.16. The van der Waals surface area contributed by atoms with Gasteiger partial charge in [0.05, 0.1) is 17.3 Å². The second-order valence-electron chi connectivity index (χ2n) is 6.18. The van der Waals surface area contributed by atoms with Crippen molar-refractivity contribution in [3.8, 4) is 11.8 Å². The Balaban J connectivity index is 1.53. The quantitative estimate of drug-likeness (QED) is 0.799. The molecule has 0 atom stereocenters. The first-order valence-electron chi connectivity index (χ1n) is 8.35. The van der Waals surface area contributed by atoms with E-state index in [1.807, 2.05) is 0 Å². The fraction of sp³-hybridized carbons (Fsp3) is 0.412. The van der Waals surface area contributed by atoms with Gasteiger partial charge in [-0.05, 0) is 47.5 Å². The van der Waals surface area contributed by atoms with Gasteiger partial charge in [0.2, 0.25) is 0 Å². The van der Waals surface area contributed by atoms with Crippen LogP contribution >= 0.6 is 0 Å². The Morgan fingerprint density at radius 3 is 2.58 bits per heavy atom. The summed E-state index contributed by atoms with van der Waals surface area (Å²) in [6.45, 7) is -0.420. The second-order valence-corrected chi connectivity index (χ2v) is 6.18. The van der Waals surface area contributed by atoms with Gasteiger partial charge in [-0.1, -0.05) is 19.3 Å². The Hall–Kier alpha value is -3.28. The van der Waals surface area contributed by atoms with Crippen molar-refractivity contribution in [3.63, 3.8) is 0 Å². The molecule has 0 aliphatic heterocycles. The van der Waals surface area contributed by atoms with E-state index in [-0.39, 0.29) is 0 Å². The van der Waals surface area contributed by atoms with Crippen molar-refractivity contribution < 1.29 is 14.3 Å². The Morgan fingerprint density at radius 1 is 1.23 bits per heavy atom. The number of nitrogens with one attached hydrogen (secondary N) is 1. The summed E-state index contributed by atoms with van der Waals surface area (Å²) in [6.07, 6.45) is 5.56. The summed E-state index contributed by atoms with van der Waals surface area (Å²) in [5.74, 6) is -1.08. The zero-order valence-electron chi connectivity index (χ0n) is 14.1. The summed E-state index contributed by atoms with van der Waals surface area (Å²) < 4.78 is 6.50. The van der Waals surface area contributed by atoms with E-state index < -0.39 is 24.0 Å². The minimum Gasteiger partial charge on any atom is -0.452 e. The lowest BCUT2D eigenvalue weighted by Gasteiger charge is -2.31. The molecule has 1 aromatic heterocycles. The molecule has 9 nitrogen and oxygen atoms in total. The number of nitriles is 1. The number of nitrogens with zero attached hydrogens (tertiary/aromatic N) is 5. The second kappa shape index (κ2) is 7.74. The lowest BCUT2D eigenvalue weighted by atomic mass is 9.83. The molecule has 26 heavy (non-hydrogen) atoms. The van der Waals surface area contributed by atoms with Crippen molar-refractivity contribution in [1.29, 1.82) is 5.26 Å². The molecule has 1 amide bonds. The van der Waals surface area contributed by atoms with Crippen molar-refractivity contribution in [2.75, 3.05) is 6.61 Å². The topological polar surface area (TPSA) is 123 Å². The molecule has 1 heterocycles. The van der Waals surface area contributed by atoms with Gasteiger partial charge in [0, 0.05) is 0 Å². The molecule has 3 rings (SSSR count). The standard InChI is InChI=1S/C17H18N6O3/c18-11-17(8-2-1-3-9-17)20-15(24)10-26-16(25)13-4-6-14(7-5-13)23-12-19-21-22-23/h4-7,12H,1-3,8-10H2,(H,20,24). The van der Waals surface area contributed by atoms with Gasteiger partial charge in [0.1, 0.15) is 11.9 Å². The Bertz CT molecular complexity index is 804. The van der Waals surface area contributed by atoms with Gasteiger partial charge in [-0.25, -0.2) is 9.48 Å². The maximum absolute atomic E-state index is 12.1. The van der Waals surface area contributed by atoms with E-state index in [9.17, 15) is 14.9 Å². The molecule has 134 valence electrons. The van der Waals surface area contributed by atoms with Crippen LogP contribution in [0.15, 0.2) is 30.6 Å². The highest BCUT2D eigenvalue weighted by atomic mass is 16.5. The number of rotatable bonds is 5. The maximum atomic E-state index is 12.1. The first kappa shape index (κ1) is 17.5. The van der Waals surface area contributed by atoms with Gasteiger partial charge in [0.15, 0.2) is 6.61 Å². The van der Waals surface area contributed by atoms with Crippen molar-refractivity contribution in [2.24, 2.45) is 0 Å². The fourth-order valence-electron chi connectivity index (χ4n) is 2.97. The van der Waals surface area contributed by atoms with E-state index >= 15 is 0 Å². The van der Waals surface area contributed by atoms with Gasteiger partial charge in [-0.15, -0.1) is 5.10 Å². The number of hydrogen-bond acceptors (Lipinski definition) is 7. The molecule has 0 bridgehead atoms. The molecule has 1 aliphatic carbocycles. The van der Waals surface area contributed by atoms with Crippen molar-refractivity contribution >= 4 is 11.9 Å². The van der Waals surface area contributed by atoms with Crippen LogP contribution in [0, 0.1) is 11.3 Å². The van der Waals surface area contributed by atoms with E-state index in [0.29, 0.717) is 24.1 Å². The van der Waals surface area contributed by atoms with Gasteiger partial charge in [0.25, 0.3) is 5.91 Å². The first-order valence-corrected chi connectivity index (χ1v) is 8.35. The van der Waals surface area contributed by atoms with E-state index in [1.54, 1.807) is 24.3 Å². The summed E-state index contributed by atoms with van der Waals surface area (Å²) in [4.78, 5) is 24.1. The summed E-state index contributed by atoms with van der Waals surface area (Å²) in [5.41, 5.74) is 0.162. The third-order valence-electron chi connectivity index (χ3n) is 4.35. The lowest BCUT2D eigenvalue weighted by molar-refractivity contribution is -0.125. The number of ether oxygens (including phenoxy) is 1. The van der Waals surface area contributed by atoms with Crippen molar-refractivity contribution in [3.05, 3.63) is 36.2 Å². The highest BCUT2D eigenvalue weighted by Gasteiger charge is 2.33. The minimum atomic E-state index is -0.838. The van der Waals surface area contributed by atoms with E-state index in [2.05, 4.69) is 26.9 Å². The third-order valence-corrected chi connectivity index (χ3v) is 4.35. The number of benzene rings is 1. The highest BCUT2D eigenvalue weighted by molar-refractivity contribution is 5.91. The van der Waals surface area contributed by atoms with Crippen LogP contribution in [-0.4, -0.2) is 44.2 Å². The van der Waals surface area contributed by atoms with Crippen LogP contribution in [0.25, 0.3) is 5.69 Å². The molecule has 1 fully saturated rings. The Morgan fingerprint density at radius 2 is 1.96 bits per heavy atom. The molecule has 1 N–H and O–H groups in total. The molecule has 0 saturated heterocycles. The molecule has 2 aromatic rings. The zero-order valence-corrected chi connectivity index (χ0v) is 14.1. The number of esters is 1. The van der Waals surface area contributed by atoms with Crippen LogP contribution in [0.2, 0.25) is 0 Å². The van der Waals surface area contributed by atoms with E-state index in [4.69, 9.17) is 4.74 Å². The molecular weight excluding hydrogens is 336 g/mol. The molecule has 1 aliphatic rings.